The summed E-state index contributed by atoms with van der Waals surface area (Å²) < 4.78 is 0.810. The number of anilines is 1. The van der Waals surface area contributed by atoms with Crippen molar-refractivity contribution in [3.05, 3.63) is 28.2 Å². The predicted octanol–water partition coefficient (Wildman–Crippen LogP) is 2.61. The first-order chi connectivity index (χ1) is 9.52. The van der Waals surface area contributed by atoms with E-state index >= 15 is 0 Å². The summed E-state index contributed by atoms with van der Waals surface area (Å²) in [4.78, 5) is 25.4. The van der Waals surface area contributed by atoms with Crippen molar-refractivity contribution in [3.63, 3.8) is 0 Å². The van der Waals surface area contributed by atoms with Crippen LogP contribution in [0, 0.1) is 5.92 Å². The first kappa shape index (κ1) is 15.0. The summed E-state index contributed by atoms with van der Waals surface area (Å²) >= 11 is 3.45. The van der Waals surface area contributed by atoms with Crippen LogP contribution in [0.4, 0.5) is 5.69 Å². The van der Waals surface area contributed by atoms with Crippen molar-refractivity contribution in [2.75, 3.05) is 25.0 Å². The van der Waals surface area contributed by atoms with E-state index < -0.39 is 0 Å². The van der Waals surface area contributed by atoms with Crippen LogP contribution in [-0.4, -0.2) is 31.8 Å². The molecule has 1 amide bonds. The van der Waals surface area contributed by atoms with Gasteiger partial charge in [-0.05, 0) is 53.9 Å². The molecule has 1 aliphatic rings. The zero-order chi connectivity index (χ0) is 14.7. The van der Waals surface area contributed by atoms with E-state index in [4.69, 9.17) is 0 Å². The lowest BCUT2D eigenvalue weighted by molar-refractivity contribution is -0.124. The van der Waals surface area contributed by atoms with E-state index in [1.54, 1.807) is 14.0 Å². The van der Waals surface area contributed by atoms with Crippen molar-refractivity contribution < 1.29 is 9.59 Å². The number of rotatable bonds is 3. The van der Waals surface area contributed by atoms with Crippen molar-refractivity contribution >= 4 is 33.3 Å². The normalized spacial score (nSPS) is 18.8. The van der Waals surface area contributed by atoms with Gasteiger partial charge in [-0.15, -0.1) is 0 Å². The Bertz CT molecular complexity index is 531. The molecule has 4 nitrogen and oxygen atoms in total. The minimum atomic E-state index is 0.0417. The van der Waals surface area contributed by atoms with Gasteiger partial charge in [0.05, 0.1) is 5.92 Å². The van der Waals surface area contributed by atoms with Crippen LogP contribution in [0.3, 0.4) is 0 Å². The van der Waals surface area contributed by atoms with Crippen molar-refractivity contribution in [1.29, 1.82) is 0 Å². The number of halogens is 1. The fourth-order valence-corrected chi connectivity index (χ4v) is 3.26. The highest BCUT2D eigenvalue weighted by Crippen LogP contribution is 2.28. The molecule has 0 saturated carbocycles. The van der Waals surface area contributed by atoms with E-state index in [9.17, 15) is 9.59 Å². The molecular weight excluding hydrogens is 320 g/mol. The number of Topliss-reactive ketones (excluding diaryl/α,β-unsaturated/α-hetero) is 1. The third-order valence-electron chi connectivity index (χ3n) is 3.74. The zero-order valence-electron chi connectivity index (χ0n) is 11.8. The number of carbonyl (C=O) groups is 2. The van der Waals surface area contributed by atoms with Crippen molar-refractivity contribution in [3.8, 4) is 0 Å². The molecule has 0 aliphatic carbocycles. The van der Waals surface area contributed by atoms with Gasteiger partial charge in [0, 0.05) is 35.9 Å². The van der Waals surface area contributed by atoms with Gasteiger partial charge in [-0.2, -0.15) is 0 Å². The van der Waals surface area contributed by atoms with Gasteiger partial charge in [-0.1, -0.05) is 0 Å². The average Bonchev–Trinajstić information content (AvgIpc) is 2.46. The van der Waals surface area contributed by atoms with Crippen LogP contribution in [0.25, 0.3) is 0 Å². The van der Waals surface area contributed by atoms with E-state index in [2.05, 4.69) is 26.1 Å². The number of piperidine rings is 1. The van der Waals surface area contributed by atoms with Crippen molar-refractivity contribution in [2.24, 2.45) is 5.92 Å². The highest BCUT2D eigenvalue weighted by Gasteiger charge is 2.25. The molecule has 1 fully saturated rings. The molecule has 1 aromatic rings. The summed E-state index contributed by atoms with van der Waals surface area (Å²) in [7, 11) is 1.68. The van der Waals surface area contributed by atoms with Gasteiger partial charge in [0.1, 0.15) is 0 Å². The Hall–Kier alpha value is -1.36. The Kier molecular flexibility index (Phi) is 4.81. The van der Waals surface area contributed by atoms with Gasteiger partial charge < -0.3 is 10.2 Å². The van der Waals surface area contributed by atoms with Crippen molar-refractivity contribution in [2.45, 2.75) is 19.8 Å². The maximum atomic E-state index is 11.8. The van der Waals surface area contributed by atoms with Crippen molar-refractivity contribution in [1.82, 2.24) is 5.32 Å². The largest absolute Gasteiger partial charge is 0.371 e. The number of hydrogen-bond acceptors (Lipinski definition) is 3. The quantitative estimate of drug-likeness (QED) is 0.862. The molecule has 0 spiro atoms. The minimum absolute atomic E-state index is 0.0417. The number of nitrogens with zero attached hydrogens (tertiary/aromatic N) is 1. The molecule has 1 aliphatic heterocycles. The van der Waals surface area contributed by atoms with E-state index in [0.717, 1.165) is 36.1 Å². The number of nitrogens with one attached hydrogen (secondary N) is 1. The molecule has 0 radical (unpaired) electrons. The van der Waals surface area contributed by atoms with Crippen LogP contribution < -0.4 is 10.2 Å². The van der Waals surface area contributed by atoms with Gasteiger partial charge in [0.2, 0.25) is 5.91 Å². The number of carbonyl (C=O) groups excluding carboxylic acids is 2. The Morgan fingerprint density at radius 3 is 2.75 bits per heavy atom. The third kappa shape index (κ3) is 3.20. The second-order valence-electron chi connectivity index (χ2n) is 5.12. The summed E-state index contributed by atoms with van der Waals surface area (Å²) in [5.74, 6) is 0.194. The maximum absolute atomic E-state index is 11.8. The maximum Gasteiger partial charge on any atom is 0.224 e. The van der Waals surface area contributed by atoms with Gasteiger partial charge in [0.15, 0.2) is 5.78 Å². The Balaban J connectivity index is 2.17. The number of amides is 1. The molecule has 0 aromatic heterocycles. The van der Waals surface area contributed by atoms with E-state index in [1.165, 1.54) is 0 Å². The van der Waals surface area contributed by atoms with Crippen LogP contribution in [0.15, 0.2) is 22.7 Å². The molecule has 1 unspecified atom stereocenters. The predicted molar refractivity (Wildman–Crippen MR) is 83.2 cm³/mol. The highest BCUT2D eigenvalue weighted by atomic mass is 79.9. The SMILES string of the molecule is CNC(=O)C1CCCN(c2ccc(C(C)=O)c(Br)c2)C1. The molecule has 108 valence electrons. The molecule has 1 N–H and O–H groups in total. The standard InChI is InChI=1S/C15H19BrN2O2/c1-10(19)13-6-5-12(8-14(13)16)18-7-3-4-11(9-18)15(20)17-2/h5-6,8,11H,3-4,7,9H2,1-2H3,(H,17,20). The first-order valence-corrected chi connectivity index (χ1v) is 7.59. The lowest BCUT2D eigenvalue weighted by Gasteiger charge is -2.33. The molecule has 5 heteroatoms. The molecule has 0 bridgehead atoms. The molecule has 1 heterocycles. The van der Waals surface area contributed by atoms with Crippen LogP contribution in [0.2, 0.25) is 0 Å². The molecule has 1 saturated heterocycles. The topological polar surface area (TPSA) is 49.4 Å². The lowest BCUT2D eigenvalue weighted by Crippen LogP contribution is -2.42. The Labute approximate surface area is 127 Å². The fourth-order valence-electron chi connectivity index (χ4n) is 2.62. The van der Waals surface area contributed by atoms with Gasteiger partial charge in [-0.25, -0.2) is 0 Å². The zero-order valence-corrected chi connectivity index (χ0v) is 13.4. The highest BCUT2D eigenvalue weighted by molar-refractivity contribution is 9.10. The summed E-state index contributed by atoms with van der Waals surface area (Å²) in [5, 5.41) is 2.72. The summed E-state index contributed by atoms with van der Waals surface area (Å²) in [6.07, 6.45) is 1.94. The van der Waals surface area contributed by atoms with Crippen LogP contribution >= 0.6 is 15.9 Å². The summed E-state index contributed by atoms with van der Waals surface area (Å²) in [6.45, 7) is 3.23. The van der Waals surface area contributed by atoms with Gasteiger partial charge in [-0.3, -0.25) is 9.59 Å². The Morgan fingerprint density at radius 2 is 2.15 bits per heavy atom. The van der Waals surface area contributed by atoms with Crippen LogP contribution in [0.1, 0.15) is 30.1 Å². The van der Waals surface area contributed by atoms with E-state index in [1.807, 2.05) is 18.2 Å². The molecule has 20 heavy (non-hydrogen) atoms. The number of ketones is 1. The first-order valence-electron chi connectivity index (χ1n) is 6.80. The van der Waals surface area contributed by atoms with Crippen LogP contribution in [-0.2, 0) is 4.79 Å². The Morgan fingerprint density at radius 1 is 1.40 bits per heavy atom. The molecule has 1 aromatic carbocycles. The monoisotopic (exact) mass is 338 g/mol. The molecule has 2 rings (SSSR count). The summed E-state index contributed by atoms with van der Waals surface area (Å²) in [5.41, 5.74) is 1.74. The van der Waals surface area contributed by atoms with Crippen LogP contribution in [0.5, 0.6) is 0 Å². The fraction of sp³-hybridized carbons (Fsp3) is 0.467. The third-order valence-corrected chi connectivity index (χ3v) is 4.39. The number of hydrogen-bond donors (Lipinski definition) is 1. The smallest absolute Gasteiger partial charge is 0.224 e. The molecular formula is C15H19BrN2O2. The van der Waals surface area contributed by atoms with E-state index in [0.29, 0.717) is 5.56 Å². The average molecular weight is 339 g/mol. The summed E-state index contributed by atoms with van der Waals surface area (Å²) in [6, 6.07) is 5.75. The minimum Gasteiger partial charge on any atom is -0.371 e. The lowest BCUT2D eigenvalue weighted by atomic mass is 9.96. The van der Waals surface area contributed by atoms with Gasteiger partial charge in [0.25, 0.3) is 0 Å². The second-order valence-corrected chi connectivity index (χ2v) is 5.97. The van der Waals surface area contributed by atoms with E-state index in [-0.39, 0.29) is 17.6 Å². The molecule has 1 atom stereocenters. The second kappa shape index (κ2) is 6.39. The number of benzene rings is 1. The van der Waals surface area contributed by atoms with Gasteiger partial charge >= 0.3 is 0 Å².